The van der Waals surface area contributed by atoms with Gasteiger partial charge in [-0.1, -0.05) is 12.1 Å². The number of carbonyl (C=O) groups is 1. The van der Waals surface area contributed by atoms with Crippen molar-refractivity contribution < 1.29 is 28.2 Å². The van der Waals surface area contributed by atoms with Crippen molar-refractivity contribution in [3.05, 3.63) is 29.8 Å². The smallest absolute Gasteiger partial charge is 0.338 e. The van der Waals surface area contributed by atoms with Crippen LogP contribution in [0.1, 0.15) is 18.6 Å². The zero-order chi connectivity index (χ0) is 14.6. The Bertz CT molecular complexity index is 534. The SMILES string of the molecule is CCOC(=O)C(O)C(O)c1ccc(S(C)(=O)=O)cc1. The van der Waals surface area contributed by atoms with E-state index in [4.69, 9.17) is 0 Å². The van der Waals surface area contributed by atoms with Crippen LogP contribution in [0.15, 0.2) is 29.2 Å². The molecule has 0 heterocycles. The van der Waals surface area contributed by atoms with Crippen molar-refractivity contribution in [2.45, 2.75) is 24.0 Å². The van der Waals surface area contributed by atoms with E-state index in [0.29, 0.717) is 0 Å². The van der Waals surface area contributed by atoms with Gasteiger partial charge >= 0.3 is 5.97 Å². The second-order valence-corrected chi connectivity index (χ2v) is 6.00. The molecule has 1 aromatic rings. The zero-order valence-corrected chi connectivity index (χ0v) is 11.4. The molecule has 0 amide bonds. The molecule has 0 saturated carbocycles. The lowest BCUT2D eigenvalue weighted by Crippen LogP contribution is -2.29. The summed E-state index contributed by atoms with van der Waals surface area (Å²) in [4.78, 5) is 11.3. The van der Waals surface area contributed by atoms with Crippen LogP contribution in [0.4, 0.5) is 0 Å². The first kappa shape index (κ1) is 15.6. The van der Waals surface area contributed by atoms with Crippen LogP contribution < -0.4 is 0 Å². The van der Waals surface area contributed by atoms with Gasteiger partial charge in [-0.25, -0.2) is 13.2 Å². The van der Waals surface area contributed by atoms with Gasteiger partial charge in [-0.3, -0.25) is 0 Å². The molecule has 0 saturated heterocycles. The number of hydrogen-bond acceptors (Lipinski definition) is 6. The quantitative estimate of drug-likeness (QED) is 0.742. The predicted octanol–water partition coefficient (Wildman–Crippen LogP) is 0.0475. The van der Waals surface area contributed by atoms with Gasteiger partial charge in [-0.05, 0) is 24.6 Å². The number of rotatable bonds is 5. The maximum absolute atomic E-state index is 11.3. The van der Waals surface area contributed by atoms with Gasteiger partial charge in [0.1, 0.15) is 6.10 Å². The van der Waals surface area contributed by atoms with Crippen LogP contribution in [-0.2, 0) is 19.4 Å². The van der Waals surface area contributed by atoms with E-state index in [-0.39, 0.29) is 17.1 Å². The number of carbonyl (C=O) groups excluding carboxylic acids is 1. The highest BCUT2D eigenvalue weighted by Gasteiger charge is 2.27. The molecular weight excluding hydrogens is 272 g/mol. The van der Waals surface area contributed by atoms with Gasteiger partial charge in [-0.2, -0.15) is 0 Å². The molecule has 19 heavy (non-hydrogen) atoms. The first-order valence-electron chi connectivity index (χ1n) is 5.60. The molecule has 0 aliphatic rings. The number of esters is 1. The molecule has 0 aliphatic carbocycles. The van der Waals surface area contributed by atoms with Gasteiger partial charge in [0, 0.05) is 6.26 Å². The third-order valence-corrected chi connectivity index (χ3v) is 3.61. The Kier molecular flexibility index (Phi) is 5.04. The van der Waals surface area contributed by atoms with E-state index in [0.717, 1.165) is 6.26 Å². The average molecular weight is 288 g/mol. The van der Waals surface area contributed by atoms with Crippen molar-refractivity contribution in [3.63, 3.8) is 0 Å². The molecule has 106 valence electrons. The van der Waals surface area contributed by atoms with Crippen molar-refractivity contribution in [1.82, 2.24) is 0 Å². The van der Waals surface area contributed by atoms with E-state index < -0.39 is 28.0 Å². The normalized spacial score (nSPS) is 14.7. The molecule has 0 spiro atoms. The second kappa shape index (κ2) is 6.14. The Labute approximate surface area is 111 Å². The topological polar surface area (TPSA) is 101 Å². The fraction of sp³-hybridized carbons (Fsp3) is 0.417. The molecule has 2 N–H and O–H groups in total. The number of aliphatic hydroxyl groups is 2. The first-order valence-corrected chi connectivity index (χ1v) is 7.49. The molecule has 2 atom stereocenters. The van der Waals surface area contributed by atoms with Crippen LogP contribution in [-0.4, -0.2) is 43.6 Å². The van der Waals surface area contributed by atoms with Gasteiger partial charge in [0.2, 0.25) is 0 Å². The van der Waals surface area contributed by atoms with Gasteiger partial charge < -0.3 is 14.9 Å². The summed E-state index contributed by atoms with van der Waals surface area (Å²) >= 11 is 0. The summed E-state index contributed by atoms with van der Waals surface area (Å²) in [7, 11) is -3.33. The monoisotopic (exact) mass is 288 g/mol. The van der Waals surface area contributed by atoms with Gasteiger partial charge in [-0.15, -0.1) is 0 Å². The van der Waals surface area contributed by atoms with E-state index in [1.165, 1.54) is 24.3 Å². The Balaban J connectivity index is 2.89. The summed E-state index contributed by atoms with van der Waals surface area (Å²) in [5, 5.41) is 19.3. The molecular formula is C12H16O6S. The highest BCUT2D eigenvalue weighted by molar-refractivity contribution is 7.90. The second-order valence-electron chi connectivity index (χ2n) is 3.98. The van der Waals surface area contributed by atoms with E-state index in [1.807, 2.05) is 0 Å². The molecule has 0 fully saturated rings. The molecule has 1 rings (SSSR count). The first-order chi connectivity index (χ1) is 8.77. The lowest BCUT2D eigenvalue weighted by molar-refractivity contribution is -0.159. The fourth-order valence-electron chi connectivity index (χ4n) is 1.45. The Morgan fingerprint density at radius 3 is 2.21 bits per heavy atom. The summed E-state index contributed by atoms with van der Waals surface area (Å²) in [5.74, 6) is -0.929. The standard InChI is InChI=1S/C12H16O6S/c1-3-18-12(15)11(14)10(13)8-4-6-9(7-5-8)19(2,16)17/h4-7,10-11,13-14H,3H2,1-2H3. The van der Waals surface area contributed by atoms with Crippen molar-refractivity contribution >= 4 is 15.8 Å². The van der Waals surface area contributed by atoms with E-state index in [2.05, 4.69) is 4.74 Å². The van der Waals surface area contributed by atoms with E-state index in [9.17, 15) is 23.4 Å². The van der Waals surface area contributed by atoms with Crippen LogP contribution in [0.25, 0.3) is 0 Å². The number of sulfone groups is 1. The molecule has 7 heteroatoms. The maximum atomic E-state index is 11.3. The Morgan fingerprint density at radius 2 is 1.79 bits per heavy atom. The molecule has 6 nitrogen and oxygen atoms in total. The number of ether oxygens (including phenoxy) is 1. The zero-order valence-electron chi connectivity index (χ0n) is 10.6. The van der Waals surface area contributed by atoms with Crippen molar-refractivity contribution in [3.8, 4) is 0 Å². The summed E-state index contributed by atoms with van der Waals surface area (Å²) in [5.41, 5.74) is 0.230. The van der Waals surface area contributed by atoms with Crippen molar-refractivity contribution in [2.24, 2.45) is 0 Å². The van der Waals surface area contributed by atoms with E-state index in [1.54, 1.807) is 6.92 Å². The largest absolute Gasteiger partial charge is 0.464 e. The lowest BCUT2D eigenvalue weighted by Gasteiger charge is -2.16. The van der Waals surface area contributed by atoms with Crippen LogP contribution in [0.5, 0.6) is 0 Å². The Morgan fingerprint density at radius 1 is 1.26 bits per heavy atom. The van der Waals surface area contributed by atoms with Gasteiger partial charge in [0.15, 0.2) is 15.9 Å². The fourth-order valence-corrected chi connectivity index (χ4v) is 2.08. The molecule has 2 unspecified atom stereocenters. The minimum atomic E-state index is -3.33. The lowest BCUT2D eigenvalue weighted by atomic mass is 10.0. The number of benzene rings is 1. The summed E-state index contributed by atoms with van der Waals surface area (Å²) < 4.78 is 27.1. The molecule has 0 aliphatic heterocycles. The molecule has 0 aromatic heterocycles. The average Bonchev–Trinajstić information content (AvgIpc) is 2.36. The summed E-state index contributed by atoms with van der Waals surface area (Å²) in [6.07, 6.45) is -2.11. The number of hydrogen-bond donors (Lipinski definition) is 2. The maximum Gasteiger partial charge on any atom is 0.338 e. The third-order valence-electron chi connectivity index (χ3n) is 2.48. The predicted molar refractivity (Wildman–Crippen MR) is 67.2 cm³/mol. The highest BCUT2D eigenvalue weighted by atomic mass is 32.2. The van der Waals surface area contributed by atoms with E-state index >= 15 is 0 Å². The summed E-state index contributed by atoms with van der Waals surface area (Å²) in [6.45, 7) is 1.67. The Hall–Kier alpha value is -1.44. The minimum absolute atomic E-state index is 0.0917. The third kappa shape index (κ3) is 4.02. The van der Waals surface area contributed by atoms with Gasteiger partial charge in [0.25, 0.3) is 0 Å². The molecule has 1 aromatic carbocycles. The molecule has 0 bridgehead atoms. The van der Waals surface area contributed by atoms with Crippen molar-refractivity contribution in [2.75, 3.05) is 12.9 Å². The molecule has 0 radical (unpaired) electrons. The van der Waals surface area contributed by atoms with Crippen LogP contribution in [0.3, 0.4) is 0 Å². The van der Waals surface area contributed by atoms with Crippen molar-refractivity contribution in [1.29, 1.82) is 0 Å². The number of aliphatic hydroxyl groups excluding tert-OH is 2. The highest BCUT2D eigenvalue weighted by Crippen LogP contribution is 2.20. The van der Waals surface area contributed by atoms with Crippen LogP contribution in [0, 0.1) is 0 Å². The van der Waals surface area contributed by atoms with Crippen LogP contribution in [0.2, 0.25) is 0 Å². The minimum Gasteiger partial charge on any atom is -0.464 e. The summed E-state index contributed by atoms with van der Waals surface area (Å²) in [6, 6.07) is 5.27. The van der Waals surface area contributed by atoms with Gasteiger partial charge in [0.05, 0.1) is 11.5 Å². The van der Waals surface area contributed by atoms with Crippen LogP contribution >= 0.6 is 0 Å².